The highest BCUT2D eigenvalue weighted by Crippen LogP contribution is 2.33. The zero-order valence-corrected chi connectivity index (χ0v) is 15.0. The van der Waals surface area contributed by atoms with E-state index in [2.05, 4.69) is 4.98 Å². The molecule has 0 saturated carbocycles. The van der Waals surface area contributed by atoms with Gasteiger partial charge in [-0.05, 0) is 26.4 Å². The van der Waals surface area contributed by atoms with Gasteiger partial charge in [-0.1, -0.05) is 6.92 Å². The maximum Gasteiger partial charge on any atom is 0.356 e. The van der Waals surface area contributed by atoms with Gasteiger partial charge in [-0.2, -0.15) is 0 Å². The lowest BCUT2D eigenvalue weighted by atomic mass is 10.2. The first-order valence-electron chi connectivity index (χ1n) is 8.70. The van der Waals surface area contributed by atoms with E-state index in [4.69, 9.17) is 14.2 Å². The summed E-state index contributed by atoms with van der Waals surface area (Å²) in [5.41, 5.74) is 0.663. The van der Waals surface area contributed by atoms with Crippen molar-refractivity contribution in [3.05, 3.63) is 30.6 Å². The van der Waals surface area contributed by atoms with Gasteiger partial charge in [0.05, 0.1) is 31.2 Å². The molecule has 0 amide bonds. The Kier molecular flexibility index (Phi) is 5.41. The zero-order chi connectivity index (χ0) is 18.6. The molecule has 0 unspecified atom stereocenters. The molecule has 8 heteroatoms. The van der Waals surface area contributed by atoms with E-state index in [1.54, 1.807) is 17.3 Å². The van der Waals surface area contributed by atoms with Crippen LogP contribution in [0.15, 0.2) is 30.6 Å². The lowest BCUT2D eigenvalue weighted by Gasteiger charge is -2.41. The molecule has 0 bridgehead atoms. The average molecular weight is 361 g/mol. The van der Waals surface area contributed by atoms with Gasteiger partial charge in [-0.25, -0.2) is 9.59 Å². The second-order valence-electron chi connectivity index (χ2n) is 6.36. The van der Waals surface area contributed by atoms with Gasteiger partial charge in [0.25, 0.3) is 0 Å². The molecular formula is C18H23N3O5. The molecule has 1 spiro atoms. The lowest BCUT2D eigenvalue weighted by molar-refractivity contribution is -0.223. The Balaban J connectivity index is 1.99. The molecule has 0 aromatic carbocycles. The Morgan fingerprint density at radius 1 is 1.19 bits per heavy atom. The molecule has 3 heterocycles. The third-order valence-corrected chi connectivity index (χ3v) is 4.16. The van der Waals surface area contributed by atoms with Crippen molar-refractivity contribution in [3.63, 3.8) is 0 Å². The number of esters is 2. The summed E-state index contributed by atoms with van der Waals surface area (Å²) in [4.78, 5) is 32.1. The van der Waals surface area contributed by atoms with Crippen molar-refractivity contribution in [2.24, 2.45) is 0 Å². The van der Waals surface area contributed by atoms with Crippen molar-refractivity contribution < 1.29 is 23.8 Å². The molecule has 1 fully saturated rings. The first-order valence-corrected chi connectivity index (χ1v) is 8.70. The van der Waals surface area contributed by atoms with Crippen LogP contribution in [0.4, 0.5) is 5.69 Å². The van der Waals surface area contributed by atoms with E-state index < -0.39 is 17.8 Å². The molecule has 1 aromatic rings. The number of hydrogen-bond acceptors (Lipinski definition) is 8. The summed E-state index contributed by atoms with van der Waals surface area (Å²) in [6.45, 7) is 4.14. The van der Waals surface area contributed by atoms with Crippen molar-refractivity contribution in [1.82, 2.24) is 9.88 Å². The molecule has 26 heavy (non-hydrogen) atoms. The van der Waals surface area contributed by atoms with E-state index in [1.807, 2.05) is 24.9 Å². The first kappa shape index (κ1) is 18.2. The smallest absolute Gasteiger partial charge is 0.356 e. The van der Waals surface area contributed by atoms with E-state index in [1.165, 1.54) is 0 Å². The minimum absolute atomic E-state index is 0.228. The predicted octanol–water partition coefficient (Wildman–Crippen LogP) is 1.32. The van der Waals surface area contributed by atoms with E-state index in [0.29, 0.717) is 24.6 Å². The Bertz CT molecular complexity index is 686. The number of carbonyl (C=O) groups excluding carboxylic acids is 2. The number of hydrogen-bond donors (Lipinski definition) is 0. The Morgan fingerprint density at radius 2 is 1.92 bits per heavy atom. The highest BCUT2D eigenvalue weighted by Gasteiger charge is 2.48. The molecule has 0 N–H and O–H groups in total. The number of anilines is 1. The van der Waals surface area contributed by atoms with Crippen LogP contribution in [0.3, 0.4) is 0 Å². The maximum atomic E-state index is 12.1. The fraction of sp³-hybridized carbons (Fsp3) is 0.500. The molecule has 0 radical (unpaired) electrons. The minimum atomic E-state index is -1.55. The van der Waals surface area contributed by atoms with E-state index >= 15 is 0 Å². The fourth-order valence-corrected chi connectivity index (χ4v) is 3.07. The number of carbonyl (C=O) groups is 2. The second kappa shape index (κ2) is 7.74. The van der Waals surface area contributed by atoms with Gasteiger partial charge in [0.2, 0.25) is 0 Å². The Labute approximate surface area is 152 Å². The molecule has 0 atom stereocenters. The molecule has 3 rings (SSSR count). The summed E-state index contributed by atoms with van der Waals surface area (Å²) in [6, 6.07) is 1.82. The van der Waals surface area contributed by atoms with Gasteiger partial charge in [-0.3, -0.25) is 14.8 Å². The number of aromatic nitrogens is 1. The van der Waals surface area contributed by atoms with Crippen LogP contribution >= 0.6 is 0 Å². The van der Waals surface area contributed by atoms with Crippen LogP contribution in [0.2, 0.25) is 0 Å². The van der Waals surface area contributed by atoms with Crippen molar-refractivity contribution in [2.45, 2.75) is 25.7 Å². The van der Waals surface area contributed by atoms with Crippen molar-refractivity contribution in [2.75, 3.05) is 38.2 Å². The van der Waals surface area contributed by atoms with Gasteiger partial charge < -0.3 is 14.2 Å². The van der Waals surface area contributed by atoms with Gasteiger partial charge in [-0.15, -0.1) is 0 Å². The Hall–Kier alpha value is -2.61. The summed E-state index contributed by atoms with van der Waals surface area (Å²) < 4.78 is 16.8. The summed E-state index contributed by atoms with van der Waals surface area (Å²) in [6.07, 6.45) is 7.12. The summed E-state index contributed by atoms with van der Waals surface area (Å²) in [5, 5.41) is 0. The molecule has 1 aromatic heterocycles. The molecule has 2 aliphatic rings. The second-order valence-corrected chi connectivity index (χ2v) is 6.36. The van der Waals surface area contributed by atoms with E-state index in [-0.39, 0.29) is 6.54 Å². The number of ether oxygens (including phenoxy) is 3. The van der Waals surface area contributed by atoms with Gasteiger partial charge in [0.15, 0.2) is 0 Å². The predicted molar refractivity (Wildman–Crippen MR) is 93.5 cm³/mol. The lowest BCUT2D eigenvalue weighted by Crippen LogP contribution is -2.59. The van der Waals surface area contributed by atoms with Crippen LogP contribution in [-0.4, -0.2) is 61.0 Å². The van der Waals surface area contributed by atoms with Gasteiger partial charge in [0.1, 0.15) is 5.75 Å². The summed E-state index contributed by atoms with van der Waals surface area (Å²) >= 11 is 0. The fourth-order valence-electron chi connectivity index (χ4n) is 3.07. The van der Waals surface area contributed by atoms with Crippen LogP contribution in [0.5, 0.6) is 5.75 Å². The largest absolute Gasteiger partial charge is 0.492 e. The quantitative estimate of drug-likeness (QED) is 0.743. The summed E-state index contributed by atoms with van der Waals surface area (Å²) in [5.74, 6) is -2.18. The van der Waals surface area contributed by atoms with Crippen LogP contribution in [0.1, 0.15) is 19.8 Å². The normalized spacial score (nSPS) is 20.3. The van der Waals surface area contributed by atoms with E-state index in [9.17, 15) is 9.59 Å². The average Bonchev–Trinajstić information content (AvgIpc) is 2.85. The van der Waals surface area contributed by atoms with Gasteiger partial charge >= 0.3 is 17.8 Å². The van der Waals surface area contributed by atoms with Crippen molar-refractivity contribution in [1.29, 1.82) is 0 Å². The van der Waals surface area contributed by atoms with Crippen molar-refractivity contribution >= 4 is 17.6 Å². The number of likely N-dealkylation sites (N-methyl/N-ethyl adjacent to an activating group) is 1. The Morgan fingerprint density at radius 3 is 2.62 bits per heavy atom. The van der Waals surface area contributed by atoms with Crippen molar-refractivity contribution in [3.8, 4) is 5.75 Å². The highest BCUT2D eigenvalue weighted by atomic mass is 16.8. The standard InChI is InChI=1S/C18H23N3O5/c1-3-9-24-15-10-14(11-19-12-15)21-8-4-7-20(2)13-18(21)25-16(22)5-6-17(23)26-18/h5-6,10-12H,3-4,7-9,13H2,1-2H3. The molecule has 1 saturated heterocycles. The SMILES string of the molecule is CCCOc1cncc(N2CCCN(C)CC23OC(=O)C=CC(=O)O3)c1. The number of rotatable bonds is 4. The molecular weight excluding hydrogens is 338 g/mol. The third kappa shape index (κ3) is 3.96. The maximum absolute atomic E-state index is 12.1. The monoisotopic (exact) mass is 361 g/mol. The zero-order valence-electron chi connectivity index (χ0n) is 15.0. The van der Waals surface area contributed by atoms with Crippen LogP contribution in [-0.2, 0) is 19.1 Å². The van der Waals surface area contributed by atoms with Crippen LogP contribution < -0.4 is 9.64 Å². The summed E-state index contributed by atoms with van der Waals surface area (Å²) in [7, 11) is 1.89. The first-order chi connectivity index (χ1) is 12.5. The topological polar surface area (TPSA) is 81.2 Å². The number of pyridine rings is 1. The van der Waals surface area contributed by atoms with Gasteiger partial charge in [0, 0.05) is 24.8 Å². The third-order valence-electron chi connectivity index (χ3n) is 4.16. The highest BCUT2D eigenvalue weighted by molar-refractivity contribution is 5.93. The molecule has 140 valence electrons. The molecule has 0 aliphatic carbocycles. The molecule has 2 aliphatic heterocycles. The van der Waals surface area contributed by atoms with Crippen LogP contribution in [0.25, 0.3) is 0 Å². The van der Waals surface area contributed by atoms with Crippen LogP contribution in [0, 0.1) is 0 Å². The molecule has 8 nitrogen and oxygen atoms in total. The van der Waals surface area contributed by atoms with E-state index in [0.717, 1.165) is 31.5 Å². The minimum Gasteiger partial charge on any atom is -0.492 e. The number of nitrogens with zero attached hydrogens (tertiary/aromatic N) is 3.